The fourth-order valence-corrected chi connectivity index (χ4v) is 1.97. The monoisotopic (exact) mass is 237 g/mol. The van der Waals surface area contributed by atoms with Gasteiger partial charge in [-0.15, -0.1) is 11.3 Å². The highest BCUT2D eigenvalue weighted by Gasteiger charge is 2.02. The van der Waals surface area contributed by atoms with E-state index in [2.05, 4.69) is 10.3 Å². The van der Waals surface area contributed by atoms with E-state index in [1.54, 1.807) is 17.4 Å². The molecule has 3 N–H and O–H groups in total. The van der Waals surface area contributed by atoms with E-state index in [4.69, 9.17) is 5.73 Å². The van der Waals surface area contributed by atoms with Gasteiger partial charge in [0, 0.05) is 5.38 Å². The molecule has 0 atom stereocenters. The van der Waals surface area contributed by atoms with E-state index < -0.39 is 0 Å². The van der Waals surface area contributed by atoms with Crippen LogP contribution in [0.3, 0.4) is 0 Å². The molecule has 0 aliphatic carbocycles. The van der Waals surface area contributed by atoms with Gasteiger partial charge in [-0.05, 0) is 25.1 Å². The molecular weight excluding hydrogens is 225 g/mol. The maximum Gasteiger partial charge on any atom is 0.125 e. The van der Waals surface area contributed by atoms with Crippen molar-refractivity contribution >= 4 is 22.7 Å². The van der Waals surface area contributed by atoms with Gasteiger partial charge in [-0.2, -0.15) is 0 Å². The Morgan fingerprint density at radius 3 is 3.00 bits per heavy atom. The van der Waals surface area contributed by atoms with Gasteiger partial charge in [0.15, 0.2) is 0 Å². The number of nitrogens with two attached hydrogens (primary N) is 1. The summed E-state index contributed by atoms with van der Waals surface area (Å²) in [6.45, 7) is 2.50. The van der Waals surface area contributed by atoms with Crippen molar-refractivity contribution in [1.82, 2.24) is 4.98 Å². The van der Waals surface area contributed by atoms with Crippen LogP contribution >= 0.6 is 11.3 Å². The average Bonchev–Trinajstić information content (AvgIpc) is 2.66. The molecule has 2 rings (SSSR count). The molecule has 0 spiro atoms. The Kier molecular flexibility index (Phi) is 3.05. The molecule has 0 unspecified atom stereocenters. The summed E-state index contributed by atoms with van der Waals surface area (Å²) in [7, 11) is 0. The Bertz CT molecular complexity index is 496. The first-order valence-electron chi connectivity index (χ1n) is 4.85. The molecule has 2 aromatic rings. The van der Waals surface area contributed by atoms with Crippen molar-refractivity contribution in [2.45, 2.75) is 13.5 Å². The van der Waals surface area contributed by atoms with Crippen LogP contribution in [0.4, 0.5) is 15.8 Å². The van der Waals surface area contributed by atoms with Gasteiger partial charge in [0.25, 0.3) is 0 Å². The Labute approximate surface area is 97.1 Å². The van der Waals surface area contributed by atoms with Gasteiger partial charge in [0.2, 0.25) is 0 Å². The van der Waals surface area contributed by atoms with Crippen LogP contribution in [0.2, 0.25) is 0 Å². The van der Waals surface area contributed by atoms with Crippen molar-refractivity contribution in [3.8, 4) is 0 Å². The highest BCUT2D eigenvalue weighted by atomic mass is 32.1. The predicted molar refractivity (Wildman–Crippen MR) is 65.0 cm³/mol. The summed E-state index contributed by atoms with van der Waals surface area (Å²) in [6.07, 6.45) is 0. The molecule has 5 heteroatoms. The third-order valence-electron chi connectivity index (χ3n) is 2.14. The third kappa shape index (κ3) is 2.49. The number of thiazole rings is 1. The number of anilines is 2. The van der Waals surface area contributed by atoms with Crippen molar-refractivity contribution in [3.63, 3.8) is 0 Å². The van der Waals surface area contributed by atoms with E-state index in [1.165, 1.54) is 12.1 Å². The minimum absolute atomic E-state index is 0.300. The molecule has 0 aliphatic rings. The lowest BCUT2D eigenvalue weighted by Gasteiger charge is -2.07. The fourth-order valence-electron chi connectivity index (χ4n) is 1.36. The Morgan fingerprint density at radius 1 is 1.50 bits per heavy atom. The lowest BCUT2D eigenvalue weighted by molar-refractivity contribution is 0.628. The van der Waals surface area contributed by atoms with E-state index in [1.807, 2.05) is 12.3 Å². The molecule has 3 nitrogen and oxygen atoms in total. The van der Waals surface area contributed by atoms with E-state index >= 15 is 0 Å². The number of nitrogen functional groups attached to an aromatic ring is 1. The molecule has 0 aliphatic heterocycles. The number of nitrogens with one attached hydrogen (secondary N) is 1. The smallest absolute Gasteiger partial charge is 0.125 e. The summed E-state index contributed by atoms with van der Waals surface area (Å²) < 4.78 is 13.0. The number of benzene rings is 1. The van der Waals surface area contributed by atoms with Gasteiger partial charge in [-0.25, -0.2) is 9.37 Å². The van der Waals surface area contributed by atoms with Crippen LogP contribution in [-0.2, 0) is 6.54 Å². The predicted octanol–water partition coefficient (Wildman–Crippen LogP) is 2.78. The number of hydrogen-bond donors (Lipinski definition) is 2. The van der Waals surface area contributed by atoms with E-state index in [9.17, 15) is 4.39 Å². The SMILES string of the molecule is Cc1nc(CNc2cc(F)ccc2N)cs1. The van der Waals surface area contributed by atoms with Crippen LogP contribution in [0.15, 0.2) is 23.6 Å². The van der Waals surface area contributed by atoms with Crippen molar-refractivity contribution < 1.29 is 4.39 Å². The maximum absolute atomic E-state index is 13.0. The number of aromatic nitrogens is 1. The second-order valence-electron chi connectivity index (χ2n) is 3.44. The number of halogens is 1. The molecule has 0 saturated carbocycles. The summed E-state index contributed by atoms with van der Waals surface area (Å²) in [5, 5.41) is 6.05. The van der Waals surface area contributed by atoms with E-state index in [0.29, 0.717) is 17.9 Å². The van der Waals surface area contributed by atoms with Crippen LogP contribution in [0, 0.1) is 12.7 Å². The number of aryl methyl sites for hydroxylation is 1. The van der Waals surface area contributed by atoms with Gasteiger partial charge in [0.1, 0.15) is 5.82 Å². The molecule has 16 heavy (non-hydrogen) atoms. The normalized spacial score (nSPS) is 10.4. The summed E-state index contributed by atoms with van der Waals surface area (Å²) in [6, 6.07) is 4.27. The first-order valence-corrected chi connectivity index (χ1v) is 5.73. The largest absolute Gasteiger partial charge is 0.397 e. The number of hydrogen-bond acceptors (Lipinski definition) is 4. The molecule has 1 heterocycles. The second-order valence-corrected chi connectivity index (χ2v) is 4.51. The first-order chi connectivity index (χ1) is 7.65. The summed E-state index contributed by atoms with van der Waals surface area (Å²) >= 11 is 1.59. The zero-order chi connectivity index (χ0) is 11.5. The van der Waals surface area contributed by atoms with Gasteiger partial charge >= 0.3 is 0 Å². The Morgan fingerprint density at radius 2 is 2.31 bits per heavy atom. The topological polar surface area (TPSA) is 50.9 Å². The summed E-state index contributed by atoms with van der Waals surface area (Å²) in [4.78, 5) is 4.30. The highest BCUT2D eigenvalue weighted by Crippen LogP contribution is 2.20. The lowest BCUT2D eigenvalue weighted by atomic mass is 10.2. The van der Waals surface area contributed by atoms with Crippen molar-refractivity contribution in [3.05, 3.63) is 40.1 Å². The van der Waals surface area contributed by atoms with Crippen molar-refractivity contribution in [1.29, 1.82) is 0 Å². The number of nitrogens with zero attached hydrogens (tertiary/aromatic N) is 1. The van der Waals surface area contributed by atoms with Gasteiger partial charge in [-0.3, -0.25) is 0 Å². The van der Waals surface area contributed by atoms with Crippen molar-refractivity contribution in [2.75, 3.05) is 11.1 Å². The Hall–Kier alpha value is -1.62. The molecule has 0 saturated heterocycles. The maximum atomic E-state index is 13.0. The number of rotatable bonds is 3. The molecule has 0 radical (unpaired) electrons. The van der Waals surface area contributed by atoms with Crippen LogP contribution in [-0.4, -0.2) is 4.98 Å². The van der Waals surface area contributed by atoms with Gasteiger partial charge in [-0.1, -0.05) is 0 Å². The van der Waals surface area contributed by atoms with Gasteiger partial charge in [0.05, 0.1) is 28.6 Å². The molecule has 0 bridgehead atoms. The molecule has 1 aromatic carbocycles. The average molecular weight is 237 g/mol. The van der Waals surface area contributed by atoms with E-state index in [-0.39, 0.29) is 5.82 Å². The van der Waals surface area contributed by atoms with E-state index in [0.717, 1.165) is 10.7 Å². The molecular formula is C11H12FN3S. The van der Waals surface area contributed by atoms with Crippen LogP contribution < -0.4 is 11.1 Å². The lowest BCUT2D eigenvalue weighted by Crippen LogP contribution is -2.03. The standard InChI is InChI=1S/C11H12FN3S/c1-7-15-9(6-16-7)5-14-11-4-8(12)2-3-10(11)13/h2-4,6,14H,5,13H2,1H3. The molecule has 0 amide bonds. The quantitative estimate of drug-likeness (QED) is 0.807. The molecule has 0 fully saturated rings. The van der Waals surface area contributed by atoms with Crippen LogP contribution in [0.5, 0.6) is 0 Å². The zero-order valence-electron chi connectivity index (χ0n) is 8.83. The van der Waals surface area contributed by atoms with Crippen LogP contribution in [0.1, 0.15) is 10.7 Å². The first kappa shape index (κ1) is 10.9. The molecule has 1 aromatic heterocycles. The third-order valence-corrected chi connectivity index (χ3v) is 2.96. The second kappa shape index (κ2) is 4.49. The van der Waals surface area contributed by atoms with Crippen molar-refractivity contribution in [2.24, 2.45) is 0 Å². The minimum atomic E-state index is -0.300. The summed E-state index contributed by atoms with van der Waals surface area (Å²) in [5.41, 5.74) is 7.79. The fraction of sp³-hybridized carbons (Fsp3) is 0.182. The summed E-state index contributed by atoms with van der Waals surface area (Å²) in [5.74, 6) is -0.300. The highest BCUT2D eigenvalue weighted by molar-refractivity contribution is 7.09. The van der Waals surface area contributed by atoms with Crippen LogP contribution in [0.25, 0.3) is 0 Å². The minimum Gasteiger partial charge on any atom is -0.397 e. The Balaban J connectivity index is 2.07. The van der Waals surface area contributed by atoms with Gasteiger partial charge < -0.3 is 11.1 Å². The molecule has 84 valence electrons. The zero-order valence-corrected chi connectivity index (χ0v) is 9.64.